The van der Waals surface area contributed by atoms with Gasteiger partial charge < -0.3 is 10.5 Å². The van der Waals surface area contributed by atoms with Crippen LogP contribution >= 0.6 is 0 Å². The second-order valence-corrected chi connectivity index (χ2v) is 4.57. The van der Waals surface area contributed by atoms with Crippen LogP contribution in [0.4, 0.5) is 10.5 Å². The molecule has 18 heavy (non-hydrogen) atoms. The van der Waals surface area contributed by atoms with Crippen molar-refractivity contribution in [2.45, 2.75) is 0 Å². The number of nitrogens with two attached hydrogens (primary N) is 1. The molecule has 0 atom stereocenters. The van der Waals surface area contributed by atoms with Crippen LogP contribution in [0, 0.1) is 5.41 Å². The van der Waals surface area contributed by atoms with Gasteiger partial charge in [0.25, 0.3) is 0 Å². The summed E-state index contributed by atoms with van der Waals surface area (Å²) in [5.74, 6) is -0.300. The quantitative estimate of drug-likeness (QED) is 0.451. The summed E-state index contributed by atoms with van der Waals surface area (Å²) in [5, 5.41) is 7.29. The molecule has 0 saturated carbocycles. The van der Waals surface area contributed by atoms with Crippen molar-refractivity contribution in [1.82, 2.24) is 4.72 Å². The number of ether oxygens (including phenoxy) is 1. The van der Waals surface area contributed by atoms with Gasteiger partial charge in [-0.3, -0.25) is 10.1 Å². The van der Waals surface area contributed by atoms with Crippen LogP contribution in [-0.2, 0) is 14.9 Å². The molecule has 0 aliphatic heterocycles. The molecule has 0 aliphatic carbocycles. The van der Waals surface area contributed by atoms with Gasteiger partial charge in [0, 0.05) is 5.56 Å². The molecule has 0 radical (unpaired) electrons. The van der Waals surface area contributed by atoms with Crippen molar-refractivity contribution in [3.05, 3.63) is 29.8 Å². The summed E-state index contributed by atoms with van der Waals surface area (Å²) >= 11 is 0. The van der Waals surface area contributed by atoms with Crippen molar-refractivity contribution >= 4 is 27.8 Å². The predicted octanol–water partition coefficient (Wildman–Crippen LogP) is -0.0166. The van der Waals surface area contributed by atoms with Crippen LogP contribution in [0.25, 0.3) is 0 Å². The van der Waals surface area contributed by atoms with Crippen molar-refractivity contribution in [1.29, 1.82) is 5.41 Å². The van der Waals surface area contributed by atoms with Crippen molar-refractivity contribution in [2.24, 2.45) is 5.73 Å². The lowest BCUT2D eigenvalue weighted by molar-refractivity contribution is 0.177. The van der Waals surface area contributed by atoms with Crippen LogP contribution in [0.1, 0.15) is 5.56 Å². The molecule has 1 rings (SSSR count). The minimum Gasteiger partial charge on any atom is -0.452 e. The molecule has 8 nitrogen and oxygen atoms in total. The molecular weight excluding hydrogens is 260 g/mol. The minimum atomic E-state index is -4.13. The highest BCUT2D eigenvalue weighted by molar-refractivity contribution is 7.91. The molecule has 0 heterocycles. The van der Waals surface area contributed by atoms with E-state index in [2.05, 4.69) is 9.46 Å². The Morgan fingerprint density at radius 2 is 2.00 bits per heavy atom. The number of methoxy groups -OCH3 is 1. The van der Waals surface area contributed by atoms with Gasteiger partial charge in [0.2, 0.25) is 0 Å². The third-order valence-electron chi connectivity index (χ3n) is 1.86. The summed E-state index contributed by atoms with van der Waals surface area (Å²) in [6.45, 7) is 0. The number of amidine groups is 1. The molecule has 0 fully saturated rings. The van der Waals surface area contributed by atoms with Crippen LogP contribution in [0.15, 0.2) is 24.3 Å². The van der Waals surface area contributed by atoms with Crippen LogP contribution < -0.4 is 15.2 Å². The number of carbonyl (C=O) groups excluding carboxylic acids is 1. The first-order valence-corrected chi connectivity index (χ1v) is 6.16. The number of amides is 1. The number of benzene rings is 1. The largest absolute Gasteiger partial charge is 0.452 e. The third-order valence-corrected chi connectivity index (χ3v) is 2.79. The van der Waals surface area contributed by atoms with Gasteiger partial charge in [-0.2, -0.15) is 8.42 Å². The highest BCUT2D eigenvalue weighted by Gasteiger charge is 2.16. The normalized spacial score (nSPS) is 10.5. The van der Waals surface area contributed by atoms with Gasteiger partial charge in [-0.05, 0) is 12.1 Å². The van der Waals surface area contributed by atoms with Crippen molar-refractivity contribution in [3.63, 3.8) is 0 Å². The minimum absolute atomic E-state index is 0.0846. The Kier molecular flexibility index (Phi) is 4.10. The lowest BCUT2D eigenvalue weighted by atomic mass is 10.2. The van der Waals surface area contributed by atoms with E-state index >= 15 is 0 Å². The molecule has 5 N–H and O–H groups in total. The summed E-state index contributed by atoms with van der Waals surface area (Å²) in [6, 6.07) is 6.04. The molecule has 0 spiro atoms. The summed E-state index contributed by atoms with van der Waals surface area (Å²) in [7, 11) is -3.09. The van der Waals surface area contributed by atoms with Gasteiger partial charge in [0.05, 0.1) is 12.8 Å². The summed E-state index contributed by atoms with van der Waals surface area (Å²) in [5.41, 5.74) is 5.58. The molecule has 1 aromatic rings. The number of nitrogens with one attached hydrogen (secondary N) is 3. The highest BCUT2D eigenvalue weighted by atomic mass is 32.2. The molecule has 98 valence electrons. The van der Waals surface area contributed by atoms with Gasteiger partial charge in [-0.1, -0.05) is 12.1 Å². The second kappa shape index (κ2) is 5.36. The van der Waals surface area contributed by atoms with E-state index in [9.17, 15) is 13.2 Å². The Bertz CT molecular complexity index is 570. The zero-order valence-electron chi connectivity index (χ0n) is 9.43. The van der Waals surface area contributed by atoms with Crippen LogP contribution in [0.2, 0.25) is 0 Å². The molecule has 0 aliphatic rings. The number of anilines is 1. The third kappa shape index (κ3) is 3.63. The number of hydrogen-bond acceptors (Lipinski definition) is 5. The molecule has 1 amide bonds. The molecule has 0 saturated heterocycles. The Labute approximate surface area is 104 Å². The Morgan fingerprint density at radius 1 is 1.39 bits per heavy atom. The standard InChI is InChI=1S/C9H12N4O4S/c1-17-9(14)13-18(15,16)12-7-5-3-2-4-6(7)8(10)11/h2-5,12H,1H3,(H3,10,11)(H,13,14). The van der Waals surface area contributed by atoms with Crippen molar-refractivity contribution < 1.29 is 17.9 Å². The van der Waals surface area contributed by atoms with Crippen LogP contribution in [-0.4, -0.2) is 27.5 Å². The fourth-order valence-corrected chi connectivity index (χ4v) is 1.95. The Morgan fingerprint density at radius 3 is 2.56 bits per heavy atom. The Balaban J connectivity index is 2.98. The van der Waals surface area contributed by atoms with Crippen LogP contribution in [0.3, 0.4) is 0 Å². The number of carbonyl (C=O) groups is 1. The summed E-state index contributed by atoms with van der Waals surface area (Å²) in [4.78, 5) is 10.8. The first-order chi connectivity index (χ1) is 8.35. The van der Waals surface area contributed by atoms with Gasteiger partial charge in [0.15, 0.2) is 0 Å². The van der Waals surface area contributed by atoms with E-state index in [0.717, 1.165) is 7.11 Å². The lowest BCUT2D eigenvalue weighted by Crippen LogP contribution is -2.35. The summed E-state index contributed by atoms with van der Waals surface area (Å²) in [6.07, 6.45) is -1.12. The molecule has 0 aromatic heterocycles. The maximum absolute atomic E-state index is 11.5. The van der Waals surface area contributed by atoms with Gasteiger partial charge in [0.1, 0.15) is 5.84 Å². The average Bonchev–Trinajstić information content (AvgIpc) is 2.28. The first kappa shape index (κ1) is 13.8. The smallest absolute Gasteiger partial charge is 0.422 e. The van der Waals surface area contributed by atoms with E-state index in [1.165, 1.54) is 12.1 Å². The summed E-state index contributed by atoms with van der Waals surface area (Å²) < 4.78 is 30.9. The van der Waals surface area contributed by atoms with Gasteiger partial charge in [-0.15, -0.1) is 0 Å². The molecule has 0 bridgehead atoms. The van der Waals surface area contributed by atoms with E-state index in [1.54, 1.807) is 16.9 Å². The average molecular weight is 272 g/mol. The fourth-order valence-electron chi connectivity index (χ4n) is 1.13. The topological polar surface area (TPSA) is 134 Å². The van der Waals surface area contributed by atoms with E-state index < -0.39 is 16.3 Å². The zero-order valence-corrected chi connectivity index (χ0v) is 10.2. The van der Waals surface area contributed by atoms with Gasteiger partial charge >= 0.3 is 16.3 Å². The van der Waals surface area contributed by atoms with E-state index in [4.69, 9.17) is 11.1 Å². The number of nitrogen functional groups attached to an aromatic ring is 1. The van der Waals surface area contributed by atoms with Crippen molar-refractivity contribution in [3.8, 4) is 0 Å². The first-order valence-electron chi connectivity index (χ1n) is 4.67. The fraction of sp³-hybridized carbons (Fsp3) is 0.111. The predicted molar refractivity (Wildman–Crippen MR) is 65.5 cm³/mol. The zero-order chi connectivity index (χ0) is 13.8. The molecule has 1 aromatic carbocycles. The molecule has 9 heteroatoms. The maximum Gasteiger partial charge on any atom is 0.422 e. The van der Waals surface area contributed by atoms with E-state index in [1.807, 2.05) is 0 Å². The Hall–Kier alpha value is -2.29. The lowest BCUT2D eigenvalue weighted by Gasteiger charge is -2.11. The number of para-hydroxylation sites is 1. The van der Waals surface area contributed by atoms with E-state index in [-0.39, 0.29) is 17.1 Å². The highest BCUT2D eigenvalue weighted by Crippen LogP contribution is 2.15. The molecule has 0 unspecified atom stereocenters. The monoisotopic (exact) mass is 272 g/mol. The second-order valence-electron chi connectivity index (χ2n) is 3.16. The van der Waals surface area contributed by atoms with Crippen LogP contribution in [0.5, 0.6) is 0 Å². The SMILES string of the molecule is COC(=O)NS(=O)(=O)Nc1ccccc1C(=N)N. The number of rotatable bonds is 4. The van der Waals surface area contributed by atoms with Gasteiger partial charge in [-0.25, -0.2) is 9.52 Å². The molecular formula is C9H12N4O4S. The maximum atomic E-state index is 11.5. The van der Waals surface area contributed by atoms with Crippen molar-refractivity contribution in [2.75, 3.05) is 11.8 Å². The number of hydrogen-bond donors (Lipinski definition) is 4. The van der Waals surface area contributed by atoms with E-state index in [0.29, 0.717) is 0 Å².